The molecule has 3 aromatic rings. The Bertz CT molecular complexity index is 1200. The first-order valence-corrected chi connectivity index (χ1v) is 10.9. The first-order chi connectivity index (χ1) is 15.9. The number of amides is 2. The fourth-order valence-corrected chi connectivity index (χ4v) is 4.23. The highest BCUT2D eigenvalue weighted by molar-refractivity contribution is 7.14. The number of carbonyl (C=O) groups is 2. The van der Waals surface area contributed by atoms with Crippen molar-refractivity contribution in [2.24, 2.45) is 0 Å². The van der Waals surface area contributed by atoms with Gasteiger partial charge in [-0.1, -0.05) is 0 Å². The maximum atomic E-state index is 12.8. The summed E-state index contributed by atoms with van der Waals surface area (Å²) in [6, 6.07) is 8.68. The van der Waals surface area contributed by atoms with Crippen LogP contribution < -0.4 is 29.2 Å². The molecule has 0 bridgehead atoms. The zero-order valence-electron chi connectivity index (χ0n) is 18.8. The van der Waals surface area contributed by atoms with Crippen LogP contribution in [-0.4, -0.2) is 51.3 Å². The van der Waals surface area contributed by atoms with E-state index in [9.17, 15) is 9.59 Å². The van der Waals surface area contributed by atoms with E-state index in [4.69, 9.17) is 18.9 Å². The van der Waals surface area contributed by atoms with E-state index in [0.29, 0.717) is 45.1 Å². The van der Waals surface area contributed by atoms with Gasteiger partial charge in [0.25, 0.3) is 11.8 Å². The molecule has 4 rings (SSSR count). The van der Waals surface area contributed by atoms with Crippen molar-refractivity contribution in [1.82, 2.24) is 4.98 Å². The number of hydrogen-bond donors (Lipinski definition) is 1. The Morgan fingerprint density at radius 2 is 1.82 bits per heavy atom. The quantitative estimate of drug-likeness (QED) is 0.586. The number of nitrogens with zero attached hydrogens (tertiary/aromatic N) is 2. The van der Waals surface area contributed by atoms with Crippen molar-refractivity contribution in [3.63, 3.8) is 0 Å². The molecule has 2 amide bonds. The fourth-order valence-electron chi connectivity index (χ4n) is 3.52. The molecule has 1 N–H and O–H groups in total. The summed E-state index contributed by atoms with van der Waals surface area (Å²) in [5, 5.41) is 5.06. The second kappa shape index (κ2) is 8.99. The number of ether oxygens (including phenoxy) is 4. The Labute approximate surface area is 194 Å². The summed E-state index contributed by atoms with van der Waals surface area (Å²) in [5.41, 5.74) is 2.48. The number of likely N-dealkylation sites (N-methyl/N-ethyl adjacent to an activating group) is 1. The van der Waals surface area contributed by atoms with Crippen LogP contribution in [0.4, 0.5) is 10.8 Å². The Morgan fingerprint density at radius 3 is 2.45 bits per heavy atom. The van der Waals surface area contributed by atoms with Crippen LogP contribution in [0.5, 0.6) is 23.0 Å². The van der Waals surface area contributed by atoms with E-state index in [0.717, 1.165) is 5.56 Å². The van der Waals surface area contributed by atoms with Gasteiger partial charge in [0, 0.05) is 23.6 Å². The number of hydrogen-bond acceptors (Lipinski definition) is 8. The third-order valence-electron chi connectivity index (χ3n) is 5.25. The molecule has 0 spiro atoms. The van der Waals surface area contributed by atoms with E-state index in [1.165, 1.54) is 32.7 Å². The average Bonchev–Trinajstić information content (AvgIpc) is 3.29. The van der Waals surface area contributed by atoms with Gasteiger partial charge in [0.2, 0.25) is 5.75 Å². The van der Waals surface area contributed by atoms with Gasteiger partial charge >= 0.3 is 0 Å². The predicted molar refractivity (Wildman–Crippen MR) is 125 cm³/mol. The van der Waals surface area contributed by atoms with Gasteiger partial charge in [-0.15, -0.1) is 11.3 Å². The lowest BCUT2D eigenvalue weighted by molar-refractivity contribution is -0.125. The molecule has 2 aromatic carbocycles. The summed E-state index contributed by atoms with van der Waals surface area (Å²) < 4.78 is 21.6. The molecule has 0 aliphatic carbocycles. The smallest absolute Gasteiger partial charge is 0.267 e. The zero-order valence-corrected chi connectivity index (χ0v) is 19.6. The summed E-state index contributed by atoms with van der Waals surface area (Å²) in [7, 11) is 6.19. The van der Waals surface area contributed by atoms with Gasteiger partial charge in [-0.25, -0.2) is 4.98 Å². The van der Waals surface area contributed by atoms with Gasteiger partial charge in [-0.2, -0.15) is 0 Å². The van der Waals surface area contributed by atoms with Gasteiger partial charge in [-0.05, 0) is 37.3 Å². The predicted octanol–water partition coefficient (Wildman–Crippen LogP) is 3.83. The Balaban J connectivity index is 1.57. The number of methoxy groups -OCH3 is 3. The van der Waals surface area contributed by atoms with Crippen molar-refractivity contribution in [2.45, 2.75) is 13.0 Å². The minimum atomic E-state index is -0.523. The first kappa shape index (κ1) is 22.4. The molecule has 1 unspecified atom stereocenters. The van der Waals surface area contributed by atoms with Crippen LogP contribution in [0.3, 0.4) is 0 Å². The van der Waals surface area contributed by atoms with E-state index >= 15 is 0 Å². The Kier molecular flexibility index (Phi) is 6.10. The number of benzene rings is 2. The van der Waals surface area contributed by atoms with Crippen molar-refractivity contribution >= 4 is 34.0 Å². The van der Waals surface area contributed by atoms with Crippen LogP contribution in [0.25, 0.3) is 11.3 Å². The third-order valence-corrected chi connectivity index (χ3v) is 6.01. The lowest BCUT2D eigenvalue weighted by Gasteiger charge is -2.30. The van der Waals surface area contributed by atoms with Gasteiger partial charge in [0.15, 0.2) is 22.7 Å². The number of nitrogens with one attached hydrogen (secondary N) is 1. The van der Waals surface area contributed by atoms with E-state index in [2.05, 4.69) is 10.3 Å². The molecule has 1 aromatic heterocycles. The van der Waals surface area contributed by atoms with Crippen molar-refractivity contribution in [2.75, 3.05) is 38.6 Å². The van der Waals surface area contributed by atoms with E-state index in [-0.39, 0.29) is 11.8 Å². The SMILES string of the molecule is COc1cc(C(=O)Nc2nc(-c3ccc4c(c3)N(C)C(=O)C(C)O4)cs2)cc(OC)c1OC. The van der Waals surface area contributed by atoms with Crippen LogP contribution >= 0.6 is 11.3 Å². The molecule has 1 atom stereocenters. The van der Waals surface area contributed by atoms with Crippen molar-refractivity contribution in [3.05, 3.63) is 41.3 Å². The van der Waals surface area contributed by atoms with Crippen LogP contribution in [0.1, 0.15) is 17.3 Å². The molecule has 0 saturated heterocycles. The number of anilines is 2. The third kappa shape index (κ3) is 4.17. The number of aromatic nitrogens is 1. The number of thiazole rings is 1. The summed E-state index contributed by atoms with van der Waals surface area (Å²) >= 11 is 1.29. The van der Waals surface area contributed by atoms with Crippen LogP contribution in [-0.2, 0) is 4.79 Å². The van der Waals surface area contributed by atoms with Gasteiger partial charge in [-0.3, -0.25) is 14.9 Å². The second-order valence-electron chi connectivity index (χ2n) is 7.25. The second-order valence-corrected chi connectivity index (χ2v) is 8.10. The molecule has 0 fully saturated rings. The topological polar surface area (TPSA) is 99.2 Å². The van der Waals surface area contributed by atoms with Crippen LogP contribution in [0.15, 0.2) is 35.7 Å². The molecule has 172 valence electrons. The summed E-state index contributed by atoms with van der Waals surface area (Å²) in [5.74, 6) is 1.32. The summed E-state index contributed by atoms with van der Waals surface area (Å²) in [6.45, 7) is 1.72. The van der Waals surface area contributed by atoms with Gasteiger partial charge < -0.3 is 23.8 Å². The molecule has 1 aliphatic rings. The molecule has 1 aliphatic heterocycles. The molecular formula is C23H23N3O6S. The van der Waals surface area contributed by atoms with Crippen LogP contribution in [0.2, 0.25) is 0 Å². The minimum Gasteiger partial charge on any atom is -0.493 e. The van der Waals surface area contributed by atoms with E-state index in [1.54, 1.807) is 31.0 Å². The number of rotatable bonds is 6. The van der Waals surface area contributed by atoms with E-state index < -0.39 is 6.10 Å². The van der Waals surface area contributed by atoms with Crippen LogP contribution in [0, 0.1) is 0 Å². The maximum absolute atomic E-state index is 12.8. The van der Waals surface area contributed by atoms with Crippen molar-refractivity contribution in [3.8, 4) is 34.3 Å². The molecule has 0 radical (unpaired) electrons. The highest BCUT2D eigenvalue weighted by atomic mass is 32.1. The summed E-state index contributed by atoms with van der Waals surface area (Å²) in [6.07, 6.45) is -0.523. The maximum Gasteiger partial charge on any atom is 0.267 e. The van der Waals surface area contributed by atoms with Gasteiger partial charge in [0.1, 0.15) is 5.75 Å². The standard InChI is InChI=1S/C23H23N3O6S/c1-12-22(28)26(2)16-8-13(6-7-17(16)32-12)15-11-33-23(24-15)25-21(27)14-9-18(29-3)20(31-5)19(10-14)30-4/h6-12H,1-5H3,(H,24,25,27). The normalized spacial score (nSPS) is 14.9. The van der Waals surface area contributed by atoms with Crippen molar-refractivity contribution in [1.29, 1.82) is 0 Å². The Morgan fingerprint density at radius 1 is 1.12 bits per heavy atom. The minimum absolute atomic E-state index is 0.115. The number of carbonyl (C=O) groups excluding carboxylic acids is 2. The monoisotopic (exact) mass is 469 g/mol. The lowest BCUT2D eigenvalue weighted by Crippen LogP contribution is -2.41. The van der Waals surface area contributed by atoms with E-state index in [1.807, 2.05) is 23.6 Å². The largest absolute Gasteiger partial charge is 0.493 e. The highest BCUT2D eigenvalue weighted by Gasteiger charge is 2.29. The van der Waals surface area contributed by atoms with Gasteiger partial charge in [0.05, 0.1) is 32.7 Å². The molecule has 2 heterocycles. The Hall–Kier alpha value is -3.79. The molecule has 33 heavy (non-hydrogen) atoms. The highest BCUT2D eigenvalue weighted by Crippen LogP contribution is 2.39. The molecule has 0 saturated carbocycles. The zero-order chi connectivity index (χ0) is 23.7. The van der Waals surface area contributed by atoms with Crippen molar-refractivity contribution < 1.29 is 28.5 Å². The average molecular weight is 470 g/mol. The molecule has 10 heteroatoms. The fraction of sp³-hybridized carbons (Fsp3) is 0.261. The lowest BCUT2D eigenvalue weighted by atomic mass is 10.1. The number of fused-ring (bicyclic) bond motifs is 1. The summed E-state index contributed by atoms with van der Waals surface area (Å²) in [4.78, 5) is 31.2. The molecular weight excluding hydrogens is 446 g/mol. The molecule has 9 nitrogen and oxygen atoms in total. The first-order valence-electron chi connectivity index (χ1n) is 10.0.